The van der Waals surface area contributed by atoms with Crippen LogP contribution in [0.5, 0.6) is 5.75 Å². The molecule has 8 nitrogen and oxygen atoms in total. The van der Waals surface area contributed by atoms with Crippen LogP contribution in [-0.4, -0.2) is 71.5 Å². The number of β-amino-alcohol motifs (C(OH)–C–C–N with tert-alkyl or cyclic N) is 1. The highest BCUT2D eigenvalue weighted by atomic mass is 16.5. The number of benzene rings is 2. The van der Waals surface area contributed by atoms with Crippen LogP contribution in [0, 0.1) is 5.92 Å². The van der Waals surface area contributed by atoms with Gasteiger partial charge in [0, 0.05) is 20.1 Å². The Morgan fingerprint density at radius 1 is 1.09 bits per heavy atom. The Labute approximate surface area is 205 Å². The van der Waals surface area contributed by atoms with Gasteiger partial charge in [-0.2, -0.15) is 0 Å². The number of para-hydroxylation sites is 1. The lowest BCUT2D eigenvalue weighted by molar-refractivity contribution is -0.154. The second-order valence-electron chi connectivity index (χ2n) is 9.15. The topological polar surface area (TPSA) is 99.2 Å². The van der Waals surface area contributed by atoms with Crippen molar-refractivity contribution in [3.8, 4) is 5.75 Å². The number of nitrogens with one attached hydrogen (secondary N) is 1. The molecule has 0 aliphatic carbocycles. The number of carbonyl (C=O) groups is 3. The van der Waals surface area contributed by atoms with Crippen molar-refractivity contribution < 1.29 is 24.2 Å². The molecule has 2 heterocycles. The Morgan fingerprint density at radius 2 is 1.77 bits per heavy atom. The fourth-order valence-corrected chi connectivity index (χ4v) is 5.57. The number of hydrogen-bond acceptors (Lipinski definition) is 5. The summed E-state index contributed by atoms with van der Waals surface area (Å²) in [7, 11) is 1.58. The normalized spacial score (nSPS) is 24.3. The maximum Gasteiger partial charge on any atom is 0.261 e. The lowest BCUT2D eigenvalue weighted by atomic mass is 9.85. The maximum atomic E-state index is 14.0. The van der Waals surface area contributed by atoms with E-state index in [1.807, 2.05) is 48.5 Å². The molecule has 1 spiro atoms. The molecule has 2 aliphatic heterocycles. The fourth-order valence-electron chi connectivity index (χ4n) is 5.57. The Hall–Kier alpha value is -3.39. The Balaban J connectivity index is 1.78. The van der Waals surface area contributed by atoms with Crippen LogP contribution in [0.4, 0.5) is 0 Å². The first-order valence-corrected chi connectivity index (χ1v) is 12.2. The Kier molecular flexibility index (Phi) is 7.70. The van der Waals surface area contributed by atoms with E-state index < -0.39 is 17.5 Å². The molecule has 8 heteroatoms. The molecule has 35 heavy (non-hydrogen) atoms. The fraction of sp³-hybridized carbons (Fsp3) is 0.444. The molecule has 186 valence electrons. The molecule has 2 N–H and O–H groups in total. The number of hydrogen-bond donors (Lipinski definition) is 2. The average Bonchev–Trinajstić information content (AvgIpc) is 3.17. The molecule has 2 fully saturated rings. The van der Waals surface area contributed by atoms with Crippen molar-refractivity contribution >= 4 is 17.7 Å². The van der Waals surface area contributed by atoms with Crippen LogP contribution in [0.1, 0.15) is 37.3 Å². The van der Waals surface area contributed by atoms with E-state index in [2.05, 4.69) is 5.32 Å². The van der Waals surface area contributed by atoms with Crippen LogP contribution in [0.25, 0.3) is 0 Å². The molecule has 2 aromatic carbocycles. The third-order valence-electron chi connectivity index (χ3n) is 7.10. The van der Waals surface area contributed by atoms with E-state index in [0.29, 0.717) is 18.7 Å². The smallest absolute Gasteiger partial charge is 0.261 e. The second kappa shape index (κ2) is 10.9. The summed E-state index contributed by atoms with van der Waals surface area (Å²) in [5, 5.41) is 12.3. The number of nitrogens with zero attached hydrogens (tertiary/aromatic N) is 2. The zero-order valence-corrected chi connectivity index (χ0v) is 20.1. The third kappa shape index (κ3) is 4.89. The van der Waals surface area contributed by atoms with Crippen LogP contribution in [0.3, 0.4) is 0 Å². The van der Waals surface area contributed by atoms with Gasteiger partial charge in [-0.05, 0) is 43.4 Å². The van der Waals surface area contributed by atoms with Crippen LogP contribution in [0.2, 0.25) is 0 Å². The number of carbonyl (C=O) groups excluding carboxylic acids is 3. The van der Waals surface area contributed by atoms with E-state index in [0.717, 1.165) is 18.4 Å². The summed E-state index contributed by atoms with van der Waals surface area (Å²) in [5.74, 6) is -0.788. The molecule has 4 rings (SSSR count). The van der Waals surface area contributed by atoms with Crippen molar-refractivity contribution in [2.45, 2.75) is 37.3 Å². The monoisotopic (exact) mass is 479 g/mol. The number of amides is 3. The van der Waals surface area contributed by atoms with Gasteiger partial charge in [0.1, 0.15) is 11.3 Å². The van der Waals surface area contributed by atoms with Gasteiger partial charge in [0.25, 0.3) is 5.91 Å². The number of rotatable bonds is 7. The third-order valence-corrected chi connectivity index (χ3v) is 7.10. The van der Waals surface area contributed by atoms with E-state index in [1.165, 1.54) is 0 Å². The minimum Gasteiger partial charge on any atom is -0.484 e. The summed E-state index contributed by atoms with van der Waals surface area (Å²) in [6, 6.07) is 17.9. The molecule has 2 saturated heterocycles. The summed E-state index contributed by atoms with van der Waals surface area (Å²) in [5.41, 5.74) is -0.377. The van der Waals surface area contributed by atoms with E-state index in [-0.39, 0.29) is 43.9 Å². The summed E-state index contributed by atoms with van der Waals surface area (Å²) in [6.07, 6.45) is 2.20. The van der Waals surface area contributed by atoms with Gasteiger partial charge in [-0.1, -0.05) is 48.5 Å². The zero-order chi connectivity index (χ0) is 24.8. The zero-order valence-electron chi connectivity index (χ0n) is 20.1. The molecule has 2 aliphatic rings. The lowest BCUT2D eigenvalue weighted by Crippen LogP contribution is -2.59. The molecule has 0 radical (unpaired) electrons. The Bertz CT molecular complexity index is 1030. The molecule has 3 atom stereocenters. The van der Waals surface area contributed by atoms with Crippen molar-refractivity contribution in [1.82, 2.24) is 15.1 Å². The quantitative estimate of drug-likeness (QED) is 0.634. The van der Waals surface area contributed by atoms with Gasteiger partial charge in [0.2, 0.25) is 11.8 Å². The summed E-state index contributed by atoms with van der Waals surface area (Å²) >= 11 is 0. The molecule has 0 unspecified atom stereocenters. The van der Waals surface area contributed by atoms with E-state index in [9.17, 15) is 19.5 Å². The molecule has 2 aromatic rings. The minimum atomic E-state index is -1.18. The first kappa shape index (κ1) is 24.7. The highest BCUT2D eigenvalue weighted by Crippen LogP contribution is 2.50. The van der Waals surface area contributed by atoms with Crippen LogP contribution < -0.4 is 10.1 Å². The number of ether oxygens (including phenoxy) is 1. The van der Waals surface area contributed by atoms with Crippen molar-refractivity contribution in [2.24, 2.45) is 5.92 Å². The van der Waals surface area contributed by atoms with Gasteiger partial charge in [-0.15, -0.1) is 0 Å². The molecule has 3 amide bonds. The van der Waals surface area contributed by atoms with Crippen molar-refractivity contribution in [2.75, 3.05) is 33.4 Å². The largest absolute Gasteiger partial charge is 0.484 e. The molecular formula is C27H33N3O5. The van der Waals surface area contributed by atoms with Gasteiger partial charge < -0.3 is 25.0 Å². The number of aliphatic hydroxyl groups is 1. The molecule has 0 bridgehead atoms. The molecular weight excluding hydrogens is 446 g/mol. The number of likely N-dealkylation sites (tertiary alicyclic amines) is 2. The summed E-state index contributed by atoms with van der Waals surface area (Å²) in [6.45, 7) is 0.310. The van der Waals surface area contributed by atoms with Crippen LogP contribution in [0.15, 0.2) is 60.7 Å². The van der Waals surface area contributed by atoms with Gasteiger partial charge in [0.15, 0.2) is 6.61 Å². The summed E-state index contributed by atoms with van der Waals surface area (Å²) < 4.78 is 5.80. The first-order chi connectivity index (χ1) is 17.0. The van der Waals surface area contributed by atoms with Crippen molar-refractivity contribution in [1.29, 1.82) is 0 Å². The second-order valence-corrected chi connectivity index (χ2v) is 9.15. The SMILES string of the molecule is CNC(=O)[C@H]1C[C@]2(CCCCN(CCO)C2=O)N(C(=O)COc2ccccc2)[C@H]1c1ccccc1. The van der Waals surface area contributed by atoms with Gasteiger partial charge >= 0.3 is 0 Å². The van der Waals surface area contributed by atoms with Gasteiger partial charge in [0.05, 0.1) is 18.6 Å². The standard InChI is InChI=1S/C27H33N3O5/c1-28-25(33)22-18-27(14-8-9-15-29(16-17-31)26(27)34)30(24(22)20-10-4-2-5-11-20)23(32)19-35-21-12-6-3-7-13-21/h2-7,10-13,22,24,31H,8-9,14-19H2,1H3,(H,28,33)/t22-,24-,27-/m0/s1. The lowest BCUT2D eigenvalue weighted by Gasteiger charge is -2.41. The minimum absolute atomic E-state index is 0.159. The first-order valence-electron chi connectivity index (χ1n) is 12.2. The van der Waals surface area contributed by atoms with Gasteiger partial charge in [-0.25, -0.2) is 0 Å². The predicted octanol–water partition coefficient (Wildman–Crippen LogP) is 2.14. The highest BCUT2D eigenvalue weighted by Gasteiger charge is 2.61. The maximum absolute atomic E-state index is 14.0. The van der Waals surface area contributed by atoms with E-state index in [1.54, 1.807) is 29.0 Å². The molecule has 0 saturated carbocycles. The van der Waals surface area contributed by atoms with E-state index in [4.69, 9.17) is 4.74 Å². The van der Waals surface area contributed by atoms with Crippen molar-refractivity contribution in [3.05, 3.63) is 66.2 Å². The highest BCUT2D eigenvalue weighted by molar-refractivity contribution is 5.95. The summed E-state index contributed by atoms with van der Waals surface area (Å²) in [4.78, 5) is 44.3. The predicted molar refractivity (Wildman–Crippen MR) is 130 cm³/mol. The van der Waals surface area contributed by atoms with Crippen LogP contribution >= 0.6 is 0 Å². The van der Waals surface area contributed by atoms with Crippen LogP contribution in [-0.2, 0) is 14.4 Å². The number of aliphatic hydroxyl groups excluding tert-OH is 1. The van der Waals surface area contributed by atoms with E-state index >= 15 is 0 Å². The average molecular weight is 480 g/mol. The molecule has 0 aromatic heterocycles. The van der Waals surface area contributed by atoms with Crippen molar-refractivity contribution in [3.63, 3.8) is 0 Å². The van der Waals surface area contributed by atoms with Gasteiger partial charge in [-0.3, -0.25) is 14.4 Å². The Morgan fingerprint density at radius 3 is 2.43 bits per heavy atom.